The predicted molar refractivity (Wildman–Crippen MR) is 56.9 cm³/mol. The summed E-state index contributed by atoms with van der Waals surface area (Å²) in [5.74, 6) is 0. The minimum Gasteiger partial charge on any atom is -0.305 e. The first kappa shape index (κ1) is 15.3. The molecule has 0 unspecified atom stereocenters. The fourth-order valence-electron chi connectivity index (χ4n) is 1.23. The van der Waals surface area contributed by atoms with E-state index in [9.17, 15) is 26.3 Å². The Hall–Kier alpha value is -0.760. The third-order valence-corrected chi connectivity index (χ3v) is 2.79. The maximum Gasteiger partial charge on any atom is 0.416 e. The van der Waals surface area contributed by atoms with Crippen molar-refractivity contribution in [2.75, 3.05) is 6.54 Å². The van der Waals surface area contributed by atoms with Crippen molar-refractivity contribution in [3.63, 3.8) is 0 Å². The second kappa shape index (κ2) is 5.48. The van der Waals surface area contributed by atoms with Gasteiger partial charge in [-0.05, 0) is 23.8 Å². The minimum atomic E-state index is -4.51. The lowest BCUT2D eigenvalue weighted by Crippen LogP contribution is -2.28. The van der Waals surface area contributed by atoms with Crippen molar-refractivity contribution in [2.24, 2.45) is 0 Å². The first-order valence-electron chi connectivity index (χ1n) is 4.73. The van der Waals surface area contributed by atoms with Gasteiger partial charge in [0, 0.05) is 11.0 Å². The molecule has 0 aliphatic heterocycles. The van der Waals surface area contributed by atoms with E-state index in [1.807, 2.05) is 5.32 Å². The Morgan fingerprint density at radius 1 is 1.06 bits per heavy atom. The van der Waals surface area contributed by atoms with E-state index in [1.54, 1.807) is 0 Å². The van der Waals surface area contributed by atoms with Crippen LogP contribution in [-0.2, 0) is 12.7 Å². The molecule has 0 aliphatic carbocycles. The lowest BCUT2D eigenvalue weighted by Gasteiger charge is -2.12. The van der Waals surface area contributed by atoms with Gasteiger partial charge in [0.25, 0.3) is 0 Å². The molecule has 0 amide bonds. The summed E-state index contributed by atoms with van der Waals surface area (Å²) in [7, 11) is 0. The summed E-state index contributed by atoms with van der Waals surface area (Å²) in [4.78, 5) is 0. The van der Waals surface area contributed by atoms with Crippen molar-refractivity contribution in [2.45, 2.75) is 18.9 Å². The maximum atomic E-state index is 12.4. The predicted octanol–water partition coefficient (Wildman–Crippen LogP) is 4.12. The third-order valence-electron chi connectivity index (χ3n) is 2.01. The monoisotopic (exact) mass is 335 g/mol. The van der Waals surface area contributed by atoms with Gasteiger partial charge in [-0.25, -0.2) is 0 Å². The zero-order valence-electron chi connectivity index (χ0n) is 8.79. The van der Waals surface area contributed by atoms with E-state index in [2.05, 4.69) is 15.9 Å². The van der Waals surface area contributed by atoms with Gasteiger partial charge in [0.05, 0.1) is 12.1 Å². The molecule has 0 aromatic heterocycles. The molecule has 0 atom stereocenters. The van der Waals surface area contributed by atoms with E-state index in [0.29, 0.717) is 4.47 Å². The molecule has 102 valence electrons. The second-order valence-corrected chi connectivity index (χ2v) is 4.38. The molecule has 0 saturated carbocycles. The van der Waals surface area contributed by atoms with E-state index in [0.717, 1.165) is 18.2 Å². The molecule has 18 heavy (non-hydrogen) atoms. The first-order valence-corrected chi connectivity index (χ1v) is 5.52. The number of alkyl halides is 6. The van der Waals surface area contributed by atoms with Crippen molar-refractivity contribution < 1.29 is 26.3 Å². The molecule has 8 heteroatoms. The highest BCUT2D eigenvalue weighted by molar-refractivity contribution is 9.10. The van der Waals surface area contributed by atoms with Crippen LogP contribution in [0, 0.1) is 0 Å². The molecule has 0 bridgehead atoms. The molecule has 0 aliphatic rings. The van der Waals surface area contributed by atoms with Gasteiger partial charge < -0.3 is 5.32 Å². The summed E-state index contributed by atoms with van der Waals surface area (Å²) in [6, 6.07) is 2.83. The number of hydrogen-bond donors (Lipinski definition) is 1. The quantitative estimate of drug-likeness (QED) is 0.819. The molecular formula is C10H8BrF6N. The van der Waals surface area contributed by atoms with Crippen LogP contribution >= 0.6 is 15.9 Å². The Morgan fingerprint density at radius 2 is 1.67 bits per heavy atom. The summed E-state index contributed by atoms with van der Waals surface area (Å²) in [6.07, 6.45) is -8.91. The Morgan fingerprint density at radius 3 is 2.17 bits per heavy atom. The normalized spacial score (nSPS) is 12.8. The van der Waals surface area contributed by atoms with Crippen LogP contribution in [0.4, 0.5) is 26.3 Å². The lowest BCUT2D eigenvalue weighted by molar-refractivity contribution is -0.137. The van der Waals surface area contributed by atoms with Crippen LogP contribution < -0.4 is 5.32 Å². The number of rotatable bonds is 3. The van der Waals surface area contributed by atoms with Gasteiger partial charge in [0.15, 0.2) is 0 Å². The second-order valence-electron chi connectivity index (χ2n) is 3.52. The average Bonchev–Trinajstić information content (AvgIpc) is 2.17. The lowest BCUT2D eigenvalue weighted by atomic mass is 10.1. The van der Waals surface area contributed by atoms with E-state index in [1.165, 1.54) is 0 Å². The van der Waals surface area contributed by atoms with Crippen molar-refractivity contribution in [1.82, 2.24) is 5.32 Å². The van der Waals surface area contributed by atoms with Crippen molar-refractivity contribution in [3.8, 4) is 0 Å². The topological polar surface area (TPSA) is 12.0 Å². The summed E-state index contributed by atoms with van der Waals surface area (Å²) < 4.78 is 73.1. The van der Waals surface area contributed by atoms with E-state index < -0.39 is 24.5 Å². The zero-order chi connectivity index (χ0) is 14.0. The smallest absolute Gasteiger partial charge is 0.305 e. The van der Waals surface area contributed by atoms with Crippen molar-refractivity contribution in [3.05, 3.63) is 33.8 Å². The van der Waals surface area contributed by atoms with Crippen LogP contribution in [0.2, 0.25) is 0 Å². The molecule has 1 nitrogen and oxygen atoms in total. The van der Waals surface area contributed by atoms with E-state index in [4.69, 9.17) is 0 Å². The zero-order valence-corrected chi connectivity index (χ0v) is 10.4. The molecule has 0 radical (unpaired) electrons. The van der Waals surface area contributed by atoms with Crippen LogP contribution in [0.25, 0.3) is 0 Å². The highest BCUT2D eigenvalue weighted by Gasteiger charge is 2.31. The fraction of sp³-hybridized carbons (Fsp3) is 0.400. The molecule has 1 aromatic rings. The van der Waals surface area contributed by atoms with Gasteiger partial charge in [-0.3, -0.25) is 0 Å². The average molecular weight is 336 g/mol. The van der Waals surface area contributed by atoms with E-state index >= 15 is 0 Å². The first-order chi connectivity index (χ1) is 8.09. The van der Waals surface area contributed by atoms with Crippen molar-refractivity contribution >= 4 is 15.9 Å². The van der Waals surface area contributed by atoms with Crippen LogP contribution in [0.15, 0.2) is 22.7 Å². The third kappa shape index (κ3) is 4.85. The summed E-state index contributed by atoms with van der Waals surface area (Å²) in [5, 5.41) is 2.04. The van der Waals surface area contributed by atoms with Crippen LogP contribution in [0.1, 0.15) is 11.1 Å². The Balaban J connectivity index is 2.76. The van der Waals surface area contributed by atoms with Crippen molar-refractivity contribution in [1.29, 1.82) is 0 Å². The standard InChI is InChI=1S/C10H8BrF6N/c11-8-2-1-7(10(15,16)17)3-6(8)4-18-5-9(12,13)14/h1-3,18H,4-5H2. The van der Waals surface area contributed by atoms with Crippen LogP contribution in [0.3, 0.4) is 0 Å². The molecule has 0 heterocycles. The highest BCUT2D eigenvalue weighted by Crippen LogP contribution is 2.31. The molecule has 1 rings (SSSR count). The van der Waals surface area contributed by atoms with Gasteiger partial charge in [0.1, 0.15) is 0 Å². The van der Waals surface area contributed by atoms with Crippen LogP contribution in [-0.4, -0.2) is 12.7 Å². The number of benzene rings is 1. The Kier molecular flexibility index (Phi) is 4.66. The Labute approximate surface area is 107 Å². The number of nitrogens with one attached hydrogen (secondary N) is 1. The van der Waals surface area contributed by atoms with Gasteiger partial charge in [-0.1, -0.05) is 15.9 Å². The SMILES string of the molecule is FC(F)(F)CNCc1cc(C(F)(F)F)ccc1Br. The molecule has 1 N–H and O–H groups in total. The summed E-state index contributed by atoms with van der Waals surface area (Å²) in [5.41, 5.74) is -0.774. The minimum absolute atomic E-state index is 0.120. The Bertz CT molecular complexity index is 412. The molecule has 0 fully saturated rings. The summed E-state index contributed by atoms with van der Waals surface area (Å²) >= 11 is 2.99. The molecule has 0 saturated heterocycles. The van der Waals surface area contributed by atoms with E-state index in [-0.39, 0.29) is 12.1 Å². The van der Waals surface area contributed by atoms with Gasteiger partial charge in [-0.2, -0.15) is 26.3 Å². The van der Waals surface area contributed by atoms with Gasteiger partial charge in [-0.15, -0.1) is 0 Å². The van der Waals surface area contributed by atoms with Crippen LogP contribution in [0.5, 0.6) is 0 Å². The molecule has 1 aromatic carbocycles. The molecule has 0 spiro atoms. The van der Waals surface area contributed by atoms with Gasteiger partial charge >= 0.3 is 12.4 Å². The van der Waals surface area contributed by atoms with Gasteiger partial charge in [0.2, 0.25) is 0 Å². The largest absolute Gasteiger partial charge is 0.416 e. The number of hydrogen-bond acceptors (Lipinski definition) is 1. The maximum absolute atomic E-state index is 12.4. The summed E-state index contributed by atoms with van der Waals surface area (Å²) in [6.45, 7) is -1.56. The fourth-order valence-corrected chi connectivity index (χ4v) is 1.61. The highest BCUT2D eigenvalue weighted by atomic mass is 79.9. The molecular weight excluding hydrogens is 328 g/mol. The number of halogens is 7.